The third kappa shape index (κ3) is 5.84. The van der Waals surface area contributed by atoms with E-state index in [1.165, 1.54) is 5.56 Å². The molecule has 1 heterocycles. The number of rotatable bonds is 6. The molecular formula is C22H25ClN2O2. The molecule has 0 saturated carbocycles. The number of carbonyl (C=O) groups excluding carboxylic acids is 1. The summed E-state index contributed by atoms with van der Waals surface area (Å²) in [5.41, 5.74) is 2.24. The molecule has 0 radical (unpaired) electrons. The van der Waals surface area contributed by atoms with E-state index in [0.29, 0.717) is 11.6 Å². The van der Waals surface area contributed by atoms with Crippen LogP contribution in [0.1, 0.15) is 18.1 Å². The van der Waals surface area contributed by atoms with Gasteiger partial charge >= 0.3 is 0 Å². The second-order valence-corrected chi connectivity index (χ2v) is 7.00. The minimum Gasteiger partial charge on any atom is -0.494 e. The number of nitrogens with zero attached hydrogens (tertiary/aromatic N) is 2. The first-order valence-electron chi connectivity index (χ1n) is 9.30. The Morgan fingerprint density at radius 3 is 2.33 bits per heavy atom. The van der Waals surface area contributed by atoms with Gasteiger partial charge in [-0.25, -0.2) is 0 Å². The summed E-state index contributed by atoms with van der Waals surface area (Å²) in [5, 5.41) is 0.696. The minimum absolute atomic E-state index is 0.0608. The molecule has 1 aliphatic heterocycles. The van der Waals surface area contributed by atoms with Gasteiger partial charge in [-0.2, -0.15) is 0 Å². The first-order valence-corrected chi connectivity index (χ1v) is 9.68. The van der Waals surface area contributed by atoms with Crippen molar-refractivity contribution in [3.63, 3.8) is 0 Å². The minimum atomic E-state index is 0.0608. The number of hydrogen-bond donors (Lipinski definition) is 0. The summed E-state index contributed by atoms with van der Waals surface area (Å²) < 4.78 is 5.48. The van der Waals surface area contributed by atoms with Crippen molar-refractivity contribution in [1.29, 1.82) is 0 Å². The molecule has 0 spiro atoms. The number of ether oxygens (including phenoxy) is 1. The van der Waals surface area contributed by atoms with Gasteiger partial charge in [0.15, 0.2) is 0 Å². The van der Waals surface area contributed by atoms with Crippen molar-refractivity contribution in [2.45, 2.75) is 13.5 Å². The fourth-order valence-corrected chi connectivity index (χ4v) is 3.22. The topological polar surface area (TPSA) is 32.8 Å². The summed E-state index contributed by atoms with van der Waals surface area (Å²) in [4.78, 5) is 16.7. The standard InChI is InChI=1S/C22H25ClN2O2/c1-2-27-21-10-5-19(6-11-21)17-24-13-15-25(16-14-24)22(26)12-7-18-3-8-20(23)9-4-18/h3-12H,2,13-17H2,1H3/b12-7+. The summed E-state index contributed by atoms with van der Waals surface area (Å²) >= 11 is 5.88. The number of piperazine rings is 1. The van der Waals surface area contributed by atoms with E-state index in [9.17, 15) is 4.79 Å². The smallest absolute Gasteiger partial charge is 0.246 e. The average molecular weight is 385 g/mol. The molecule has 3 rings (SSSR count). The van der Waals surface area contributed by atoms with Crippen molar-refractivity contribution < 1.29 is 9.53 Å². The molecule has 1 fully saturated rings. The Balaban J connectivity index is 1.46. The first-order chi connectivity index (χ1) is 13.1. The molecule has 0 N–H and O–H groups in total. The maximum absolute atomic E-state index is 12.4. The second kappa shape index (κ2) is 9.58. The lowest BCUT2D eigenvalue weighted by Gasteiger charge is -2.34. The molecule has 1 aliphatic rings. The SMILES string of the molecule is CCOc1ccc(CN2CCN(C(=O)/C=C/c3ccc(Cl)cc3)CC2)cc1. The van der Waals surface area contributed by atoms with Gasteiger partial charge in [0.2, 0.25) is 5.91 Å². The van der Waals surface area contributed by atoms with Gasteiger partial charge in [0, 0.05) is 43.8 Å². The quantitative estimate of drug-likeness (QED) is 0.703. The van der Waals surface area contributed by atoms with Crippen LogP contribution in [0.4, 0.5) is 0 Å². The molecule has 27 heavy (non-hydrogen) atoms. The van der Waals surface area contributed by atoms with E-state index >= 15 is 0 Å². The van der Waals surface area contributed by atoms with Gasteiger partial charge < -0.3 is 9.64 Å². The van der Waals surface area contributed by atoms with E-state index in [1.54, 1.807) is 6.08 Å². The summed E-state index contributed by atoms with van der Waals surface area (Å²) in [6, 6.07) is 15.7. The molecule has 0 atom stereocenters. The van der Waals surface area contributed by atoms with Crippen LogP contribution in [0.3, 0.4) is 0 Å². The number of benzene rings is 2. The van der Waals surface area contributed by atoms with Crippen LogP contribution in [0.5, 0.6) is 5.75 Å². The number of hydrogen-bond acceptors (Lipinski definition) is 3. The number of halogens is 1. The highest BCUT2D eigenvalue weighted by Crippen LogP contribution is 2.15. The Morgan fingerprint density at radius 2 is 1.70 bits per heavy atom. The van der Waals surface area contributed by atoms with Gasteiger partial charge in [0.05, 0.1) is 6.61 Å². The zero-order chi connectivity index (χ0) is 19.1. The van der Waals surface area contributed by atoms with Crippen LogP contribution in [-0.4, -0.2) is 48.5 Å². The van der Waals surface area contributed by atoms with Crippen molar-refractivity contribution in [2.24, 2.45) is 0 Å². The van der Waals surface area contributed by atoms with Crippen molar-refractivity contribution in [3.8, 4) is 5.75 Å². The zero-order valence-electron chi connectivity index (χ0n) is 15.6. The summed E-state index contributed by atoms with van der Waals surface area (Å²) in [5.74, 6) is 0.967. The van der Waals surface area contributed by atoms with E-state index in [0.717, 1.165) is 44.0 Å². The fourth-order valence-electron chi connectivity index (χ4n) is 3.09. The first kappa shape index (κ1) is 19.5. The lowest BCUT2D eigenvalue weighted by molar-refractivity contribution is -0.127. The van der Waals surface area contributed by atoms with Gasteiger partial charge in [-0.3, -0.25) is 9.69 Å². The lowest BCUT2D eigenvalue weighted by Crippen LogP contribution is -2.47. The molecule has 0 aromatic heterocycles. The van der Waals surface area contributed by atoms with Gasteiger partial charge in [-0.1, -0.05) is 35.9 Å². The van der Waals surface area contributed by atoms with Crippen molar-refractivity contribution in [3.05, 3.63) is 70.8 Å². The summed E-state index contributed by atoms with van der Waals surface area (Å²) in [6.07, 6.45) is 3.48. The van der Waals surface area contributed by atoms with Crippen molar-refractivity contribution >= 4 is 23.6 Å². The van der Waals surface area contributed by atoms with Gasteiger partial charge in [0.25, 0.3) is 0 Å². The Labute approximate surface area is 166 Å². The molecule has 1 amide bonds. The fraction of sp³-hybridized carbons (Fsp3) is 0.318. The largest absolute Gasteiger partial charge is 0.494 e. The highest BCUT2D eigenvalue weighted by atomic mass is 35.5. The summed E-state index contributed by atoms with van der Waals surface area (Å²) in [7, 11) is 0. The van der Waals surface area contributed by atoms with Crippen molar-refractivity contribution in [1.82, 2.24) is 9.80 Å². The van der Waals surface area contributed by atoms with Crippen molar-refractivity contribution in [2.75, 3.05) is 32.8 Å². The summed E-state index contributed by atoms with van der Waals surface area (Å²) in [6.45, 7) is 6.83. The maximum atomic E-state index is 12.4. The van der Waals surface area contributed by atoms with E-state index < -0.39 is 0 Å². The molecule has 2 aromatic carbocycles. The average Bonchev–Trinajstić information content (AvgIpc) is 2.70. The molecule has 0 aliphatic carbocycles. The highest BCUT2D eigenvalue weighted by molar-refractivity contribution is 6.30. The predicted molar refractivity (Wildman–Crippen MR) is 110 cm³/mol. The zero-order valence-corrected chi connectivity index (χ0v) is 16.4. The van der Waals surface area contributed by atoms with Crippen LogP contribution in [-0.2, 0) is 11.3 Å². The predicted octanol–water partition coefficient (Wildman–Crippen LogP) is 4.10. The highest BCUT2D eigenvalue weighted by Gasteiger charge is 2.19. The van der Waals surface area contributed by atoms with E-state index in [-0.39, 0.29) is 5.91 Å². The molecule has 5 heteroatoms. The molecule has 0 bridgehead atoms. The Hall–Kier alpha value is -2.30. The normalized spacial score (nSPS) is 15.3. The molecule has 1 saturated heterocycles. The number of amides is 1. The molecular weight excluding hydrogens is 360 g/mol. The van der Waals surface area contributed by atoms with Crippen LogP contribution in [0, 0.1) is 0 Å². The van der Waals surface area contributed by atoms with E-state index in [2.05, 4.69) is 17.0 Å². The van der Waals surface area contributed by atoms with Crippen LogP contribution in [0.15, 0.2) is 54.6 Å². The second-order valence-electron chi connectivity index (χ2n) is 6.56. The van der Waals surface area contributed by atoms with Gasteiger partial charge in [-0.05, 0) is 48.4 Å². The third-order valence-corrected chi connectivity index (χ3v) is 4.86. The molecule has 4 nitrogen and oxygen atoms in total. The Morgan fingerprint density at radius 1 is 1.04 bits per heavy atom. The lowest BCUT2D eigenvalue weighted by atomic mass is 10.2. The molecule has 142 valence electrons. The van der Waals surface area contributed by atoms with Crippen LogP contribution in [0.2, 0.25) is 5.02 Å². The van der Waals surface area contributed by atoms with E-state index in [4.69, 9.17) is 16.3 Å². The molecule has 2 aromatic rings. The number of carbonyl (C=O) groups is 1. The van der Waals surface area contributed by atoms with Crippen LogP contribution >= 0.6 is 11.6 Å². The molecule has 0 unspecified atom stereocenters. The van der Waals surface area contributed by atoms with E-state index in [1.807, 2.05) is 54.3 Å². The Bertz CT molecular complexity index is 764. The monoisotopic (exact) mass is 384 g/mol. The van der Waals surface area contributed by atoms with Crippen LogP contribution < -0.4 is 4.74 Å². The Kier molecular flexibility index (Phi) is 6.91. The van der Waals surface area contributed by atoms with Crippen LogP contribution in [0.25, 0.3) is 6.08 Å². The maximum Gasteiger partial charge on any atom is 0.246 e. The van der Waals surface area contributed by atoms with Gasteiger partial charge in [-0.15, -0.1) is 0 Å². The van der Waals surface area contributed by atoms with Gasteiger partial charge in [0.1, 0.15) is 5.75 Å². The third-order valence-electron chi connectivity index (χ3n) is 4.61.